The topological polar surface area (TPSA) is 40.6 Å². The largest absolute Gasteiger partial charge is 0.299 e. The van der Waals surface area contributed by atoms with Crippen LogP contribution < -0.4 is 0 Å². The van der Waals surface area contributed by atoms with Crippen molar-refractivity contribution in [2.45, 2.75) is 38.3 Å². The lowest BCUT2D eigenvalue weighted by molar-refractivity contribution is -0.118. The Hall–Kier alpha value is -1.78. The molecular weight excluding hydrogens is 300 g/mol. The zero-order valence-electron chi connectivity index (χ0n) is 14.4. The van der Waals surface area contributed by atoms with Crippen LogP contribution in [0.2, 0.25) is 0 Å². The molecule has 0 aromatic heterocycles. The summed E-state index contributed by atoms with van der Waals surface area (Å²) < 4.78 is 0. The van der Waals surface area contributed by atoms with E-state index < -0.39 is 0 Å². The molecule has 0 unspecified atom stereocenters. The second kappa shape index (κ2) is 7.41. The van der Waals surface area contributed by atoms with Crippen molar-refractivity contribution in [1.29, 1.82) is 0 Å². The second-order valence-electron chi connectivity index (χ2n) is 7.04. The Bertz CT molecular complexity index is 640. The van der Waals surface area contributed by atoms with Gasteiger partial charge in [-0.25, -0.2) is 0 Å². The van der Waals surface area contributed by atoms with Gasteiger partial charge in [-0.05, 0) is 50.4 Å². The van der Waals surface area contributed by atoms with E-state index in [1.165, 1.54) is 18.1 Å². The van der Waals surface area contributed by atoms with Gasteiger partial charge in [0.25, 0.3) is 0 Å². The smallest absolute Gasteiger partial charge is 0.185 e. The molecule has 0 radical (unpaired) electrons. The highest BCUT2D eigenvalue weighted by molar-refractivity contribution is 6.04. The molecule has 2 heterocycles. The summed E-state index contributed by atoms with van der Waals surface area (Å²) in [5.74, 6) is 0.252. The summed E-state index contributed by atoms with van der Waals surface area (Å²) in [5.41, 5.74) is 1.94. The summed E-state index contributed by atoms with van der Waals surface area (Å²) in [6, 6.07) is 9.04. The molecule has 2 bridgehead atoms. The van der Waals surface area contributed by atoms with E-state index in [1.807, 2.05) is 18.2 Å². The fraction of sp³-hybridized carbons (Fsp3) is 0.500. The second-order valence-corrected chi connectivity index (χ2v) is 7.04. The van der Waals surface area contributed by atoms with E-state index in [-0.39, 0.29) is 11.6 Å². The number of aryl methyl sites for hydroxylation is 1. The number of ketones is 2. The first-order valence-electron chi connectivity index (χ1n) is 8.80. The maximum absolute atomic E-state index is 11.7. The van der Waals surface area contributed by atoms with Gasteiger partial charge in [0.05, 0.1) is 6.54 Å². The molecule has 1 aromatic carbocycles. The van der Waals surface area contributed by atoms with Gasteiger partial charge in [0.1, 0.15) is 5.78 Å². The molecule has 4 heteroatoms. The van der Waals surface area contributed by atoms with E-state index >= 15 is 0 Å². The van der Waals surface area contributed by atoms with Crippen molar-refractivity contribution >= 4 is 11.6 Å². The lowest BCUT2D eigenvalue weighted by Crippen LogP contribution is -2.47. The third-order valence-corrected chi connectivity index (χ3v) is 5.20. The number of allylic oxidation sites excluding steroid dienone is 1. The Morgan fingerprint density at radius 2 is 2.00 bits per heavy atom. The molecule has 3 rings (SSSR count). The number of rotatable bonds is 8. The number of hydrogen-bond donors (Lipinski definition) is 0. The van der Waals surface area contributed by atoms with E-state index in [9.17, 15) is 9.59 Å². The Kier molecular flexibility index (Phi) is 5.27. The fourth-order valence-electron chi connectivity index (χ4n) is 4.07. The van der Waals surface area contributed by atoms with Crippen LogP contribution >= 0.6 is 0 Å². The van der Waals surface area contributed by atoms with Crippen molar-refractivity contribution in [3.05, 3.63) is 48.0 Å². The number of fused-ring (bicyclic) bond motifs is 2. The van der Waals surface area contributed by atoms with Gasteiger partial charge in [-0.2, -0.15) is 0 Å². The molecule has 128 valence electrons. The molecule has 0 N–H and O–H groups in total. The Labute approximate surface area is 144 Å². The number of Topliss-reactive ketones (excluding diaryl/α,β-unsaturated/α-hetero) is 1. The Balaban J connectivity index is 1.46. The molecule has 1 aromatic rings. The first-order valence-corrected chi connectivity index (χ1v) is 8.80. The molecule has 0 aliphatic carbocycles. The standard InChI is InChI=1S/C20H26N2O2/c1-3-20(24)17-8-4-6-16(10-17)7-5-9-21-13-19-11-18(21)14-22(19)12-15(2)23/h3-4,6,8,10,18-19H,1,5,7,9,11-14H2,2H3/t18-,19-/m0/s1. The van der Waals surface area contributed by atoms with Gasteiger partial charge in [-0.15, -0.1) is 0 Å². The van der Waals surface area contributed by atoms with Crippen molar-refractivity contribution in [2.75, 3.05) is 26.2 Å². The van der Waals surface area contributed by atoms with E-state index in [1.54, 1.807) is 6.92 Å². The van der Waals surface area contributed by atoms with Crippen molar-refractivity contribution in [2.24, 2.45) is 0 Å². The average Bonchev–Trinajstić information content (AvgIpc) is 3.13. The molecule has 2 atom stereocenters. The van der Waals surface area contributed by atoms with Crippen LogP contribution in [0.15, 0.2) is 36.9 Å². The van der Waals surface area contributed by atoms with Crippen LogP contribution in [-0.4, -0.2) is 59.6 Å². The summed E-state index contributed by atoms with van der Waals surface area (Å²) in [5, 5.41) is 0. The lowest BCUT2D eigenvalue weighted by Gasteiger charge is -2.33. The van der Waals surface area contributed by atoms with Gasteiger partial charge in [-0.3, -0.25) is 19.4 Å². The van der Waals surface area contributed by atoms with Crippen LogP contribution in [0.4, 0.5) is 0 Å². The Morgan fingerprint density at radius 3 is 2.67 bits per heavy atom. The minimum Gasteiger partial charge on any atom is -0.299 e. The summed E-state index contributed by atoms with van der Waals surface area (Å²) in [7, 11) is 0. The van der Waals surface area contributed by atoms with E-state index in [2.05, 4.69) is 22.4 Å². The maximum Gasteiger partial charge on any atom is 0.185 e. The monoisotopic (exact) mass is 326 g/mol. The lowest BCUT2D eigenvalue weighted by atomic mass is 10.0. The zero-order chi connectivity index (χ0) is 17.1. The van der Waals surface area contributed by atoms with Crippen LogP contribution in [0.3, 0.4) is 0 Å². The molecule has 0 amide bonds. The number of likely N-dealkylation sites (tertiary alicyclic amines) is 2. The third kappa shape index (κ3) is 3.82. The third-order valence-electron chi connectivity index (χ3n) is 5.20. The number of piperazine rings is 1. The van der Waals surface area contributed by atoms with Crippen LogP contribution in [0.25, 0.3) is 0 Å². The predicted molar refractivity (Wildman–Crippen MR) is 95.3 cm³/mol. The van der Waals surface area contributed by atoms with Crippen LogP contribution in [0, 0.1) is 0 Å². The molecule has 2 saturated heterocycles. The van der Waals surface area contributed by atoms with Gasteiger partial charge < -0.3 is 0 Å². The van der Waals surface area contributed by atoms with Gasteiger partial charge in [-0.1, -0.05) is 24.8 Å². The highest BCUT2D eigenvalue weighted by Crippen LogP contribution is 2.30. The molecule has 2 aliphatic heterocycles. The predicted octanol–water partition coefficient (Wildman–Crippen LogP) is 2.34. The number of benzene rings is 1. The highest BCUT2D eigenvalue weighted by atomic mass is 16.1. The van der Waals surface area contributed by atoms with Crippen molar-refractivity contribution < 1.29 is 9.59 Å². The van der Waals surface area contributed by atoms with Gasteiger partial charge >= 0.3 is 0 Å². The SMILES string of the molecule is C=CC(=O)c1cccc(CCCN2C[C@@H]3C[C@H]2CN3CC(C)=O)c1. The average molecular weight is 326 g/mol. The number of hydrogen-bond acceptors (Lipinski definition) is 4. The molecule has 2 fully saturated rings. The van der Waals surface area contributed by atoms with Crippen LogP contribution in [0.5, 0.6) is 0 Å². The van der Waals surface area contributed by atoms with E-state index in [0.717, 1.165) is 38.0 Å². The van der Waals surface area contributed by atoms with Gasteiger partial charge in [0.15, 0.2) is 5.78 Å². The fourth-order valence-corrected chi connectivity index (χ4v) is 4.07. The van der Waals surface area contributed by atoms with Gasteiger partial charge in [0, 0.05) is 30.7 Å². The molecule has 4 nitrogen and oxygen atoms in total. The maximum atomic E-state index is 11.7. The molecule has 2 aliphatic rings. The number of nitrogens with zero attached hydrogens (tertiary/aromatic N) is 2. The number of carbonyl (C=O) groups is 2. The first-order chi connectivity index (χ1) is 11.6. The molecular formula is C20H26N2O2. The molecule has 0 spiro atoms. The van der Waals surface area contributed by atoms with Crippen molar-refractivity contribution in [3.8, 4) is 0 Å². The summed E-state index contributed by atoms with van der Waals surface area (Å²) in [4.78, 5) is 27.9. The van der Waals surface area contributed by atoms with E-state index in [4.69, 9.17) is 0 Å². The van der Waals surface area contributed by atoms with E-state index in [0.29, 0.717) is 18.6 Å². The number of carbonyl (C=O) groups excluding carboxylic acids is 2. The van der Waals surface area contributed by atoms with Crippen molar-refractivity contribution in [1.82, 2.24) is 9.80 Å². The van der Waals surface area contributed by atoms with Crippen LogP contribution in [0.1, 0.15) is 35.7 Å². The molecule has 0 saturated carbocycles. The minimum atomic E-state index is -0.0146. The quantitative estimate of drug-likeness (QED) is 0.543. The van der Waals surface area contributed by atoms with Crippen molar-refractivity contribution in [3.63, 3.8) is 0 Å². The highest BCUT2D eigenvalue weighted by Gasteiger charge is 2.42. The zero-order valence-corrected chi connectivity index (χ0v) is 14.4. The first kappa shape index (κ1) is 17.1. The Morgan fingerprint density at radius 1 is 1.25 bits per heavy atom. The van der Waals surface area contributed by atoms with Crippen LogP contribution in [-0.2, 0) is 11.2 Å². The van der Waals surface area contributed by atoms with Gasteiger partial charge in [0.2, 0.25) is 0 Å². The summed E-state index contributed by atoms with van der Waals surface area (Å²) >= 11 is 0. The summed E-state index contributed by atoms with van der Waals surface area (Å²) in [6.07, 6.45) is 4.66. The minimum absolute atomic E-state index is 0.0146. The normalized spacial score (nSPS) is 23.5. The summed E-state index contributed by atoms with van der Waals surface area (Å²) in [6.45, 7) is 9.05. The molecule has 24 heavy (non-hydrogen) atoms.